The first-order valence-corrected chi connectivity index (χ1v) is 10.7. The maximum absolute atomic E-state index is 13.1. The highest BCUT2D eigenvalue weighted by atomic mass is 16.6. The van der Waals surface area contributed by atoms with Crippen LogP contribution in [0.1, 0.15) is 25.3 Å². The molecule has 1 aromatic heterocycles. The predicted molar refractivity (Wildman–Crippen MR) is 127 cm³/mol. The maximum Gasteiger partial charge on any atom is 0.330 e. The minimum Gasteiger partial charge on any atom is -0.484 e. The van der Waals surface area contributed by atoms with Crippen LogP contribution in [-0.4, -0.2) is 33.5 Å². The molecule has 178 valence electrons. The van der Waals surface area contributed by atoms with E-state index in [1.807, 2.05) is 37.3 Å². The molecular formula is C23H25N5O6. The lowest BCUT2D eigenvalue weighted by Gasteiger charge is -2.24. The Bertz CT molecular complexity index is 1270. The molecule has 3 N–H and O–H groups in total. The van der Waals surface area contributed by atoms with Gasteiger partial charge in [0.25, 0.3) is 17.2 Å². The molecule has 0 aliphatic heterocycles. The molecule has 3 aromatic rings. The number of non-ortho nitro benzene ring substituents is 1. The molecule has 34 heavy (non-hydrogen) atoms. The van der Waals surface area contributed by atoms with Crippen LogP contribution in [-0.2, 0) is 11.3 Å². The normalized spacial score (nSPS) is 10.6. The number of hydrogen-bond donors (Lipinski definition) is 2. The van der Waals surface area contributed by atoms with Gasteiger partial charge in [-0.3, -0.25) is 29.3 Å². The third-order valence-corrected chi connectivity index (χ3v) is 5.11. The van der Waals surface area contributed by atoms with E-state index in [0.29, 0.717) is 6.42 Å². The molecule has 0 spiro atoms. The van der Waals surface area contributed by atoms with Crippen molar-refractivity contribution < 1.29 is 14.5 Å². The van der Waals surface area contributed by atoms with E-state index in [2.05, 4.69) is 4.98 Å². The number of unbranched alkanes of at least 4 members (excludes halogenated alkanes) is 1. The molecule has 0 aliphatic carbocycles. The quantitative estimate of drug-likeness (QED) is 0.342. The largest absolute Gasteiger partial charge is 0.484 e. The fourth-order valence-corrected chi connectivity index (χ4v) is 3.33. The molecule has 11 heteroatoms. The zero-order chi connectivity index (χ0) is 24.7. The van der Waals surface area contributed by atoms with E-state index in [9.17, 15) is 24.5 Å². The number of rotatable bonds is 10. The van der Waals surface area contributed by atoms with Gasteiger partial charge in [-0.25, -0.2) is 4.79 Å². The van der Waals surface area contributed by atoms with Crippen molar-refractivity contribution >= 4 is 23.1 Å². The molecule has 0 unspecified atom stereocenters. The minimum atomic E-state index is -0.772. The first-order valence-electron chi connectivity index (χ1n) is 10.7. The molecule has 11 nitrogen and oxygen atoms in total. The van der Waals surface area contributed by atoms with E-state index < -0.39 is 28.7 Å². The highest BCUT2D eigenvalue weighted by molar-refractivity contribution is 5.96. The average Bonchev–Trinajstić information content (AvgIpc) is 2.83. The number of nitro groups is 1. The summed E-state index contributed by atoms with van der Waals surface area (Å²) in [6, 6.07) is 14.4. The minimum absolute atomic E-state index is 0.108. The van der Waals surface area contributed by atoms with Crippen LogP contribution in [0.4, 0.5) is 17.2 Å². The summed E-state index contributed by atoms with van der Waals surface area (Å²) < 4.78 is 6.68. The second-order valence-electron chi connectivity index (χ2n) is 7.50. The third-order valence-electron chi connectivity index (χ3n) is 5.11. The van der Waals surface area contributed by atoms with Gasteiger partial charge in [-0.15, -0.1) is 0 Å². The SMILES string of the molecule is CCCCN(C(=O)COc1ccc([N+](=O)[O-])cc1)c1c(N)n(Cc2ccccc2)c(=O)[nH]c1=O. The van der Waals surface area contributed by atoms with Crippen molar-refractivity contribution in [3.05, 3.63) is 91.1 Å². The number of aromatic amines is 1. The van der Waals surface area contributed by atoms with Crippen LogP contribution in [0.3, 0.4) is 0 Å². The molecule has 0 saturated carbocycles. The number of H-pyrrole nitrogens is 1. The number of ether oxygens (including phenoxy) is 1. The van der Waals surface area contributed by atoms with Crippen LogP contribution < -0.4 is 26.6 Å². The van der Waals surface area contributed by atoms with Gasteiger partial charge >= 0.3 is 5.69 Å². The number of nitrogens with one attached hydrogen (secondary N) is 1. The summed E-state index contributed by atoms with van der Waals surface area (Å²) in [7, 11) is 0. The molecule has 1 amide bonds. The summed E-state index contributed by atoms with van der Waals surface area (Å²) in [4.78, 5) is 51.9. The van der Waals surface area contributed by atoms with Crippen molar-refractivity contribution in [2.24, 2.45) is 0 Å². The van der Waals surface area contributed by atoms with E-state index in [1.165, 1.54) is 33.7 Å². The number of amides is 1. The topological polar surface area (TPSA) is 154 Å². The molecule has 0 atom stereocenters. The highest BCUT2D eigenvalue weighted by Crippen LogP contribution is 2.20. The predicted octanol–water partition coefficient (Wildman–Crippen LogP) is 2.29. The summed E-state index contributed by atoms with van der Waals surface area (Å²) in [5.74, 6) is -0.420. The Labute approximate surface area is 194 Å². The summed E-state index contributed by atoms with van der Waals surface area (Å²) >= 11 is 0. The second kappa shape index (κ2) is 10.9. The molecule has 0 fully saturated rings. The zero-order valence-electron chi connectivity index (χ0n) is 18.6. The fourth-order valence-electron chi connectivity index (χ4n) is 3.33. The van der Waals surface area contributed by atoms with E-state index in [0.717, 1.165) is 12.0 Å². The number of benzene rings is 2. The Morgan fingerprint density at radius 3 is 2.44 bits per heavy atom. The Hall–Kier alpha value is -4.41. The van der Waals surface area contributed by atoms with Crippen LogP contribution in [0.2, 0.25) is 0 Å². The van der Waals surface area contributed by atoms with Gasteiger partial charge in [-0.05, 0) is 24.1 Å². The number of nitrogens with two attached hydrogens (primary N) is 1. The van der Waals surface area contributed by atoms with Crippen molar-refractivity contribution in [3.8, 4) is 5.75 Å². The second-order valence-corrected chi connectivity index (χ2v) is 7.50. The van der Waals surface area contributed by atoms with Gasteiger partial charge in [-0.2, -0.15) is 0 Å². The van der Waals surface area contributed by atoms with E-state index in [4.69, 9.17) is 10.5 Å². The Balaban J connectivity index is 1.89. The first kappa shape index (κ1) is 24.2. The van der Waals surface area contributed by atoms with Crippen LogP contribution in [0, 0.1) is 10.1 Å². The number of carbonyl (C=O) groups excluding carboxylic acids is 1. The fraction of sp³-hybridized carbons (Fsp3) is 0.261. The third kappa shape index (κ3) is 5.68. The first-order chi connectivity index (χ1) is 16.3. The molecule has 0 aliphatic rings. The van der Waals surface area contributed by atoms with Gasteiger partial charge in [0, 0.05) is 18.7 Å². The van der Waals surface area contributed by atoms with Crippen LogP contribution in [0.25, 0.3) is 0 Å². The van der Waals surface area contributed by atoms with Crippen molar-refractivity contribution in [3.63, 3.8) is 0 Å². The number of carbonyl (C=O) groups is 1. The summed E-state index contributed by atoms with van der Waals surface area (Å²) in [6.45, 7) is 1.80. The zero-order valence-corrected chi connectivity index (χ0v) is 18.6. The van der Waals surface area contributed by atoms with E-state index in [-0.39, 0.29) is 36.0 Å². The van der Waals surface area contributed by atoms with Gasteiger partial charge in [-0.1, -0.05) is 43.7 Å². The lowest BCUT2D eigenvalue weighted by Crippen LogP contribution is -2.43. The molecule has 0 bridgehead atoms. The molecule has 2 aromatic carbocycles. The van der Waals surface area contributed by atoms with Gasteiger partial charge in [0.1, 0.15) is 11.6 Å². The van der Waals surface area contributed by atoms with Crippen molar-refractivity contribution in [2.75, 3.05) is 23.8 Å². The highest BCUT2D eigenvalue weighted by Gasteiger charge is 2.24. The van der Waals surface area contributed by atoms with Gasteiger partial charge in [0.2, 0.25) is 0 Å². The maximum atomic E-state index is 13.1. The molecule has 0 radical (unpaired) electrons. The van der Waals surface area contributed by atoms with Gasteiger partial charge in [0.15, 0.2) is 12.3 Å². The van der Waals surface area contributed by atoms with Crippen LogP contribution >= 0.6 is 0 Å². The standard InChI is InChI=1S/C23H25N5O6/c1-2-3-13-26(19(29)15-34-18-11-9-17(10-12-18)28(32)33)20-21(24)27(23(31)25-22(20)30)14-16-7-5-4-6-8-16/h4-12H,2-3,13-15,24H2,1H3,(H,25,30,31). The number of nitrogens with zero attached hydrogens (tertiary/aromatic N) is 3. The monoisotopic (exact) mass is 467 g/mol. The smallest absolute Gasteiger partial charge is 0.330 e. The molecule has 0 saturated heterocycles. The Morgan fingerprint density at radius 2 is 1.82 bits per heavy atom. The lowest BCUT2D eigenvalue weighted by atomic mass is 10.2. The Morgan fingerprint density at radius 1 is 1.15 bits per heavy atom. The summed E-state index contributed by atoms with van der Waals surface area (Å²) in [5, 5.41) is 10.8. The number of aromatic nitrogens is 2. The van der Waals surface area contributed by atoms with Crippen molar-refractivity contribution in [2.45, 2.75) is 26.3 Å². The number of nitrogen functional groups attached to an aromatic ring is 1. The van der Waals surface area contributed by atoms with Crippen molar-refractivity contribution in [1.82, 2.24) is 9.55 Å². The van der Waals surface area contributed by atoms with E-state index in [1.54, 1.807) is 0 Å². The van der Waals surface area contributed by atoms with E-state index >= 15 is 0 Å². The summed E-state index contributed by atoms with van der Waals surface area (Å²) in [5.41, 5.74) is 5.35. The van der Waals surface area contributed by atoms with Crippen LogP contribution in [0.15, 0.2) is 64.2 Å². The average molecular weight is 467 g/mol. The number of hydrogen-bond acceptors (Lipinski definition) is 7. The van der Waals surface area contributed by atoms with Gasteiger partial charge in [0.05, 0.1) is 11.5 Å². The lowest BCUT2D eigenvalue weighted by molar-refractivity contribution is -0.384. The molecule has 3 rings (SSSR count). The number of nitro benzene ring substituents is 1. The number of anilines is 2. The summed E-state index contributed by atoms with van der Waals surface area (Å²) in [6.07, 6.45) is 1.33. The van der Waals surface area contributed by atoms with Crippen molar-refractivity contribution in [1.29, 1.82) is 0 Å². The van der Waals surface area contributed by atoms with Crippen LogP contribution in [0.5, 0.6) is 5.75 Å². The Kier molecular flexibility index (Phi) is 7.80. The molecule has 1 heterocycles. The van der Waals surface area contributed by atoms with Gasteiger partial charge < -0.3 is 15.4 Å². The molecular weight excluding hydrogens is 442 g/mol.